The summed E-state index contributed by atoms with van der Waals surface area (Å²) >= 11 is 9.15. The van der Waals surface area contributed by atoms with E-state index in [2.05, 4.69) is 15.9 Å². The van der Waals surface area contributed by atoms with Crippen molar-refractivity contribution >= 4 is 27.5 Å². The Morgan fingerprint density at radius 2 is 2.25 bits per heavy atom. The Balaban J connectivity index is 2.32. The number of halogens is 3. The van der Waals surface area contributed by atoms with Crippen molar-refractivity contribution in [3.63, 3.8) is 0 Å². The molecule has 0 amide bonds. The Bertz CT molecular complexity index is 377. The summed E-state index contributed by atoms with van der Waals surface area (Å²) in [5.74, 6) is -0.404. The van der Waals surface area contributed by atoms with Crippen LogP contribution in [0.15, 0.2) is 16.6 Å². The van der Waals surface area contributed by atoms with Crippen molar-refractivity contribution in [1.29, 1.82) is 0 Å². The van der Waals surface area contributed by atoms with Crippen LogP contribution in [0.4, 0.5) is 4.39 Å². The minimum atomic E-state index is -0.454. The summed E-state index contributed by atoms with van der Waals surface area (Å²) < 4.78 is 19.8. The number of hydrogen-bond donors (Lipinski definition) is 1. The Labute approximate surface area is 106 Å². The molecule has 1 aliphatic heterocycles. The highest BCUT2D eigenvalue weighted by molar-refractivity contribution is 9.10. The van der Waals surface area contributed by atoms with Crippen LogP contribution in [0.5, 0.6) is 0 Å². The molecule has 0 aromatic heterocycles. The van der Waals surface area contributed by atoms with Gasteiger partial charge in [0.15, 0.2) is 0 Å². The molecule has 16 heavy (non-hydrogen) atoms. The highest BCUT2D eigenvalue weighted by Gasteiger charge is 2.26. The van der Waals surface area contributed by atoms with Crippen molar-refractivity contribution in [1.82, 2.24) is 0 Å². The van der Waals surface area contributed by atoms with Gasteiger partial charge in [0.2, 0.25) is 0 Å². The first-order chi connectivity index (χ1) is 7.58. The summed E-state index contributed by atoms with van der Waals surface area (Å²) in [4.78, 5) is 0. The molecule has 88 valence electrons. The monoisotopic (exact) mass is 308 g/mol. The fourth-order valence-corrected chi connectivity index (χ4v) is 2.73. The highest BCUT2D eigenvalue weighted by Crippen LogP contribution is 2.36. The molecule has 1 N–H and O–H groups in total. The Morgan fingerprint density at radius 1 is 1.50 bits per heavy atom. The van der Waals surface area contributed by atoms with E-state index >= 15 is 0 Å². The fraction of sp³-hybridized carbons (Fsp3) is 0.455. The van der Waals surface area contributed by atoms with Crippen molar-refractivity contribution in [3.8, 4) is 0 Å². The number of hydrogen-bond acceptors (Lipinski definition) is 2. The standard InChI is InChI=1S/C11H11BrClFO2/c12-6-3-8(13)11(9(14)4-6)10-5-7(15)1-2-16-10/h3-4,7,10,15H,1-2,5H2. The van der Waals surface area contributed by atoms with Gasteiger partial charge in [-0.15, -0.1) is 0 Å². The van der Waals surface area contributed by atoms with E-state index in [1.807, 2.05) is 0 Å². The van der Waals surface area contributed by atoms with Gasteiger partial charge in [0.1, 0.15) is 5.82 Å². The molecule has 1 aromatic rings. The van der Waals surface area contributed by atoms with E-state index in [1.54, 1.807) is 6.07 Å². The molecule has 1 aromatic carbocycles. The molecule has 0 radical (unpaired) electrons. The summed E-state index contributed by atoms with van der Waals surface area (Å²) in [6.45, 7) is 0.428. The van der Waals surface area contributed by atoms with Crippen LogP contribution in [0.3, 0.4) is 0 Å². The van der Waals surface area contributed by atoms with Gasteiger partial charge in [-0.05, 0) is 18.6 Å². The van der Waals surface area contributed by atoms with Gasteiger partial charge in [-0.2, -0.15) is 0 Å². The predicted octanol–water partition coefficient (Wildman–Crippen LogP) is 3.45. The molecule has 1 fully saturated rings. The minimum absolute atomic E-state index is 0.325. The molecule has 2 nitrogen and oxygen atoms in total. The lowest BCUT2D eigenvalue weighted by molar-refractivity contribution is -0.0460. The van der Waals surface area contributed by atoms with Crippen LogP contribution in [0, 0.1) is 5.82 Å². The van der Waals surface area contributed by atoms with Crippen molar-refractivity contribution in [2.24, 2.45) is 0 Å². The number of aliphatic hydroxyl groups excluding tert-OH is 1. The van der Waals surface area contributed by atoms with Gasteiger partial charge < -0.3 is 9.84 Å². The topological polar surface area (TPSA) is 29.5 Å². The normalized spacial score (nSPS) is 25.8. The van der Waals surface area contributed by atoms with Gasteiger partial charge in [0.25, 0.3) is 0 Å². The molecule has 2 unspecified atom stereocenters. The molecular formula is C11H11BrClFO2. The minimum Gasteiger partial charge on any atom is -0.393 e. The highest BCUT2D eigenvalue weighted by atomic mass is 79.9. The predicted molar refractivity (Wildman–Crippen MR) is 63.0 cm³/mol. The molecule has 0 saturated carbocycles. The summed E-state index contributed by atoms with van der Waals surface area (Å²) in [7, 11) is 0. The van der Waals surface area contributed by atoms with Gasteiger partial charge in [-0.25, -0.2) is 4.39 Å². The van der Waals surface area contributed by atoms with Crippen LogP contribution >= 0.6 is 27.5 Å². The number of rotatable bonds is 1. The second-order valence-corrected chi connectivity index (χ2v) is 5.14. The fourth-order valence-electron chi connectivity index (χ4n) is 1.84. The van der Waals surface area contributed by atoms with Crippen LogP contribution < -0.4 is 0 Å². The van der Waals surface area contributed by atoms with E-state index < -0.39 is 18.0 Å². The maximum absolute atomic E-state index is 13.7. The second kappa shape index (κ2) is 5.00. The lowest BCUT2D eigenvalue weighted by Crippen LogP contribution is -2.24. The van der Waals surface area contributed by atoms with Crippen LogP contribution in [-0.4, -0.2) is 17.8 Å². The van der Waals surface area contributed by atoms with E-state index in [1.165, 1.54) is 6.07 Å². The lowest BCUT2D eigenvalue weighted by Gasteiger charge is -2.27. The lowest BCUT2D eigenvalue weighted by atomic mass is 9.99. The molecule has 0 aliphatic carbocycles. The number of benzene rings is 1. The van der Waals surface area contributed by atoms with Crippen molar-refractivity contribution in [3.05, 3.63) is 33.0 Å². The quantitative estimate of drug-likeness (QED) is 0.861. The van der Waals surface area contributed by atoms with E-state index in [9.17, 15) is 9.50 Å². The van der Waals surface area contributed by atoms with Crippen molar-refractivity contribution in [2.75, 3.05) is 6.61 Å². The maximum Gasteiger partial charge on any atom is 0.131 e. The van der Waals surface area contributed by atoms with Crippen molar-refractivity contribution in [2.45, 2.75) is 25.0 Å². The zero-order valence-electron chi connectivity index (χ0n) is 8.42. The van der Waals surface area contributed by atoms with Crippen molar-refractivity contribution < 1.29 is 14.2 Å². The number of ether oxygens (including phenoxy) is 1. The first-order valence-corrected chi connectivity index (χ1v) is 6.19. The van der Waals surface area contributed by atoms with Gasteiger partial charge in [-0.1, -0.05) is 27.5 Å². The first-order valence-electron chi connectivity index (χ1n) is 5.02. The molecule has 1 heterocycles. The molecule has 2 rings (SSSR count). The number of aliphatic hydroxyl groups is 1. The molecule has 1 saturated heterocycles. The summed E-state index contributed by atoms with van der Waals surface area (Å²) in [5.41, 5.74) is 0.337. The van der Waals surface area contributed by atoms with Crippen LogP contribution in [0.25, 0.3) is 0 Å². The second-order valence-electron chi connectivity index (χ2n) is 3.82. The molecule has 1 aliphatic rings. The van der Waals surface area contributed by atoms with Gasteiger partial charge in [0, 0.05) is 23.1 Å². The first kappa shape index (κ1) is 12.3. The molecule has 5 heteroatoms. The molecule has 2 atom stereocenters. The summed E-state index contributed by atoms with van der Waals surface area (Å²) in [6, 6.07) is 2.98. The Kier molecular flexibility index (Phi) is 3.85. The SMILES string of the molecule is OC1CCOC(c2c(F)cc(Br)cc2Cl)C1. The average molecular weight is 310 g/mol. The van der Waals surface area contributed by atoms with Crippen LogP contribution in [0.2, 0.25) is 5.02 Å². The van der Waals surface area contributed by atoms with E-state index in [0.717, 1.165) is 0 Å². The summed E-state index contributed by atoms with van der Waals surface area (Å²) in [6.07, 6.45) is 0.0760. The molecule has 0 bridgehead atoms. The van der Waals surface area contributed by atoms with Gasteiger partial charge in [0.05, 0.1) is 17.2 Å². The Morgan fingerprint density at radius 3 is 2.88 bits per heavy atom. The van der Waals surface area contributed by atoms with Gasteiger partial charge in [-0.3, -0.25) is 0 Å². The summed E-state index contributed by atoms with van der Waals surface area (Å²) in [5, 5.41) is 9.85. The van der Waals surface area contributed by atoms with Crippen LogP contribution in [0.1, 0.15) is 24.5 Å². The van der Waals surface area contributed by atoms with Gasteiger partial charge >= 0.3 is 0 Å². The van der Waals surface area contributed by atoms with E-state index in [-0.39, 0.29) is 0 Å². The maximum atomic E-state index is 13.7. The van der Waals surface area contributed by atoms with Crippen LogP contribution in [-0.2, 0) is 4.74 Å². The third-order valence-electron chi connectivity index (χ3n) is 2.62. The zero-order chi connectivity index (χ0) is 11.7. The smallest absolute Gasteiger partial charge is 0.131 e. The molecule has 0 spiro atoms. The largest absolute Gasteiger partial charge is 0.393 e. The van der Waals surface area contributed by atoms with E-state index in [4.69, 9.17) is 16.3 Å². The third kappa shape index (κ3) is 2.56. The van der Waals surface area contributed by atoms with E-state index in [0.29, 0.717) is 34.5 Å². The zero-order valence-corrected chi connectivity index (χ0v) is 10.8. The molecular weight excluding hydrogens is 298 g/mol. The third-order valence-corrected chi connectivity index (χ3v) is 3.39. The Hall–Kier alpha value is -0.160. The average Bonchev–Trinajstić information content (AvgIpc) is 2.15.